The topological polar surface area (TPSA) is 50.2 Å². The molecule has 0 spiro atoms. The fraction of sp³-hybridized carbons (Fsp3) is 0.455. The average molecular weight is 228 g/mol. The van der Waals surface area contributed by atoms with Crippen LogP contribution < -0.4 is 0 Å². The standard InChI is InChI=1S/C11H14ClNO2/c1-6(2)4-9-10(12)8(11(14)15)5-7(3)13-9/h5-6H,4H2,1-3H3,(H,14,15). The Kier molecular flexibility index (Phi) is 3.69. The molecule has 82 valence electrons. The van der Waals surface area contributed by atoms with Crippen LogP contribution >= 0.6 is 11.6 Å². The lowest BCUT2D eigenvalue weighted by atomic mass is 10.1. The lowest BCUT2D eigenvalue weighted by Gasteiger charge is -2.09. The third-order valence-electron chi connectivity index (χ3n) is 1.99. The summed E-state index contributed by atoms with van der Waals surface area (Å²) in [7, 11) is 0. The first-order valence-corrected chi connectivity index (χ1v) is 5.19. The van der Waals surface area contributed by atoms with Crippen molar-refractivity contribution in [2.45, 2.75) is 27.2 Å². The van der Waals surface area contributed by atoms with Gasteiger partial charge in [0, 0.05) is 5.69 Å². The number of halogens is 1. The van der Waals surface area contributed by atoms with Crippen molar-refractivity contribution >= 4 is 17.6 Å². The van der Waals surface area contributed by atoms with E-state index in [2.05, 4.69) is 4.98 Å². The second kappa shape index (κ2) is 4.62. The van der Waals surface area contributed by atoms with Crippen LogP contribution in [0.25, 0.3) is 0 Å². The number of carboxylic acid groups (broad SMARTS) is 1. The van der Waals surface area contributed by atoms with Crippen LogP contribution in [0.5, 0.6) is 0 Å². The van der Waals surface area contributed by atoms with E-state index in [0.29, 0.717) is 23.7 Å². The molecular weight excluding hydrogens is 214 g/mol. The number of hydrogen-bond acceptors (Lipinski definition) is 2. The Labute approximate surface area is 94.1 Å². The number of nitrogens with zero attached hydrogens (tertiary/aromatic N) is 1. The van der Waals surface area contributed by atoms with Gasteiger partial charge in [0.25, 0.3) is 0 Å². The van der Waals surface area contributed by atoms with Crippen LogP contribution in [0.3, 0.4) is 0 Å². The molecule has 1 rings (SSSR count). The summed E-state index contributed by atoms with van der Waals surface area (Å²) in [4.78, 5) is 15.2. The maximum absolute atomic E-state index is 10.9. The van der Waals surface area contributed by atoms with E-state index < -0.39 is 5.97 Å². The summed E-state index contributed by atoms with van der Waals surface area (Å²) >= 11 is 5.98. The Morgan fingerprint density at radius 2 is 2.20 bits per heavy atom. The normalized spacial score (nSPS) is 10.7. The third kappa shape index (κ3) is 2.93. The average Bonchev–Trinajstić information content (AvgIpc) is 2.09. The molecule has 0 fully saturated rings. The summed E-state index contributed by atoms with van der Waals surface area (Å²) in [6.07, 6.45) is 0.695. The number of rotatable bonds is 3. The largest absolute Gasteiger partial charge is 0.478 e. The summed E-state index contributed by atoms with van der Waals surface area (Å²) in [5, 5.41) is 9.20. The molecule has 0 radical (unpaired) electrons. The van der Waals surface area contributed by atoms with Crippen LogP contribution in [0.2, 0.25) is 5.02 Å². The molecule has 0 atom stereocenters. The summed E-state index contributed by atoms with van der Waals surface area (Å²) in [6, 6.07) is 1.49. The fourth-order valence-corrected chi connectivity index (χ4v) is 1.65. The molecule has 0 bridgehead atoms. The van der Waals surface area contributed by atoms with Crippen molar-refractivity contribution in [2.75, 3.05) is 0 Å². The van der Waals surface area contributed by atoms with Crippen LogP contribution in [0.15, 0.2) is 6.07 Å². The Bertz CT molecular complexity index is 388. The second-order valence-electron chi connectivity index (χ2n) is 3.97. The van der Waals surface area contributed by atoms with Crippen LogP contribution in [0, 0.1) is 12.8 Å². The molecule has 1 N–H and O–H groups in total. The van der Waals surface area contributed by atoms with E-state index in [9.17, 15) is 4.79 Å². The van der Waals surface area contributed by atoms with Crippen molar-refractivity contribution in [3.63, 3.8) is 0 Å². The van der Waals surface area contributed by atoms with Crippen molar-refractivity contribution in [1.29, 1.82) is 0 Å². The van der Waals surface area contributed by atoms with Gasteiger partial charge < -0.3 is 5.11 Å². The summed E-state index contributed by atoms with van der Waals surface area (Å²) in [6.45, 7) is 5.86. The number of aromatic nitrogens is 1. The maximum atomic E-state index is 10.9. The molecule has 0 saturated carbocycles. The van der Waals surface area contributed by atoms with Gasteiger partial charge in [-0.3, -0.25) is 4.98 Å². The molecule has 4 heteroatoms. The molecule has 0 aliphatic rings. The number of pyridine rings is 1. The van der Waals surface area contributed by atoms with Gasteiger partial charge in [0.05, 0.1) is 16.3 Å². The minimum atomic E-state index is -1.00. The smallest absolute Gasteiger partial charge is 0.337 e. The number of carbonyl (C=O) groups is 1. The first-order valence-electron chi connectivity index (χ1n) is 4.81. The molecular formula is C11H14ClNO2. The summed E-state index contributed by atoms with van der Waals surface area (Å²) in [5.41, 5.74) is 1.50. The first-order chi connectivity index (χ1) is 6.91. The molecule has 0 saturated heterocycles. The molecule has 0 unspecified atom stereocenters. The second-order valence-corrected chi connectivity index (χ2v) is 4.35. The van der Waals surface area contributed by atoms with Crippen molar-refractivity contribution in [3.8, 4) is 0 Å². The molecule has 0 aromatic carbocycles. The van der Waals surface area contributed by atoms with Gasteiger partial charge in [0.1, 0.15) is 0 Å². The minimum absolute atomic E-state index is 0.139. The van der Waals surface area contributed by atoms with Crippen molar-refractivity contribution in [2.24, 2.45) is 5.92 Å². The zero-order valence-electron chi connectivity index (χ0n) is 9.04. The molecule has 1 aromatic heterocycles. The van der Waals surface area contributed by atoms with E-state index in [1.54, 1.807) is 6.92 Å². The lowest BCUT2D eigenvalue weighted by Crippen LogP contribution is -2.06. The minimum Gasteiger partial charge on any atom is -0.478 e. The van der Waals surface area contributed by atoms with Gasteiger partial charge in [-0.05, 0) is 25.3 Å². The van der Waals surface area contributed by atoms with Crippen LogP contribution in [0.4, 0.5) is 0 Å². The van der Waals surface area contributed by atoms with E-state index in [0.717, 1.165) is 0 Å². The zero-order valence-corrected chi connectivity index (χ0v) is 9.80. The van der Waals surface area contributed by atoms with E-state index >= 15 is 0 Å². The summed E-state index contributed by atoms with van der Waals surface area (Å²) in [5.74, 6) is -0.603. The predicted molar refractivity (Wildman–Crippen MR) is 59.5 cm³/mol. The van der Waals surface area contributed by atoms with Gasteiger partial charge in [-0.2, -0.15) is 0 Å². The number of hydrogen-bond donors (Lipinski definition) is 1. The van der Waals surface area contributed by atoms with E-state index in [1.165, 1.54) is 6.07 Å². The van der Waals surface area contributed by atoms with E-state index in [1.807, 2.05) is 13.8 Å². The van der Waals surface area contributed by atoms with E-state index in [-0.39, 0.29) is 10.6 Å². The van der Waals surface area contributed by atoms with Gasteiger partial charge in [-0.1, -0.05) is 25.4 Å². The molecule has 0 aliphatic carbocycles. The van der Waals surface area contributed by atoms with Crippen molar-refractivity contribution in [3.05, 3.63) is 28.0 Å². The lowest BCUT2D eigenvalue weighted by molar-refractivity contribution is 0.0696. The van der Waals surface area contributed by atoms with Crippen LogP contribution in [0.1, 0.15) is 35.6 Å². The highest BCUT2D eigenvalue weighted by atomic mass is 35.5. The highest BCUT2D eigenvalue weighted by Gasteiger charge is 2.15. The molecule has 1 heterocycles. The van der Waals surface area contributed by atoms with Gasteiger partial charge in [-0.15, -0.1) is 0 Å². The van der Waals surface area contributed by atoms with Crippen molar-refractivity contribution in [1.82, 2.24) is 4.98 Å². The van der Waals surface area contributed by atoms with Crippen molar-refractivity contribution < 1.29 is 9.90 Å². The molecule has 0 amide bonds. The first kappa shape index (κ1) is 12.0. The molecule has 0 aliphatic heterocycles. The summed E-state index contributed by atoms with van der Waals surface area (Å²) < 4.78 is 0. The Morgan fingerprint density at radius 1 is 1.60 bits per heavy atom. The number of aryl methyl sites for hydroxylation is 1. The molecule has 1 aromatic rings. The zero-order chi connectivity index (χ0) is 11.6. The quantitative estimate of drug-likeness (QED) is 0.864. The van der Waals surface area contributed by atoms with Gasteiger partial charge in [0.15, 0.2) is 0 Å². The Balaban J connectivity index is 3.22. The van der Waals surface area contributed by atoms with Gasteiger partial charge in [0.2, 0.25) is 0 Å². The predicted octanol–water partition coefficient (Wildman–Crippen LogP) is 2.94. The highest BCUT2D eigenvalue weighted by molar-refractivity contribution is 6.34. The van der Waals surface area contributed by atoms with Gasteiger partial charge >= 0.3 is 5.97 Å². The van der Waals surface area contributed by atoms with Crippen LogP contribution in [-0.2, 0) is 6.42 Å². The molecule has 3 nitrogen and oxygen atoms in total. The maximum Gasteiger partial charge on any atom is 0.337 e. The van der Waals surface area contributed by atoms with Gasteiger partial charge in [-0.25, -0.2) is 4.79 Å². The highest BCUT2D eigenvalue weighted by Crippen LogP contribution is 2.23. The Hall–Kier alpha value is -1.09. The Morgan fingerprint density at radius 3 is 2.67 bits per heavy atom. The fourth-order valence-electron chi connectivity index (χ4n) is 1.40. The number of carboxylic acids is 1. The third-order valence-corrected chi connectivity index (χ3v) is 2.41. The molecule has 15 heavy (non-hydrogen) atoms. The van der Waals surface area contributed by atoms with Crippen LogP contribution in [-0.4, -0.2) is 16.1 Å². The monoisotopic (exact) mass is 227 g/mol. The van der Waals surface area contributed by atoms with E-state index in [4.69, 9.17) is 16.7 Å². The number of aromatic carboxylic acids is 1. The SMILES string of the molecule is Cc1cc(C(=O)O)c(Cl)c(CC(C)C)n1.